The van der Waals surface area contributed by atoms with E-state index in [0.717, 1.165) is 0 Å². The van der Waals surface area contributed by atoms with Gasteiger partial charge in [-0.1, -0.05) is 12.2 Å². The number of urea groups is 1. The van der Waals surface area contributed by atoms with Crippen molar-refractivity contribution in [1.82, 2.24) is 5.32 Å². The highest BCUT2D eigenvalue weighted by Gasteiger charge is 2.25. The lowest BCUT2D eigenvalue weighted by Crippen LogP contribution is -2.36. The van der Waals surface area contributed by atoms with Gasteiger partial charge in [0.15, 0.2) is 0 Å². The minimum atomic E-state index is -0.904. The van der Waals surface area contributed by atoms with E-state index in [9.17, 15) is 14.0 Å². The normalized spacial score (nSPS) is 20.7. The molecule has 2 rings (SSSR count). The number of carboxylic acid groups (broad SMARTS) is 1. The lowest BCUT2D eigenvalue weighted by molar-refractivity contribution is -0.140. The number of benzene rings is 1. The van der Waals surface area contributed by atoms with Crippen LogP contribution in [-0.4, -0.2) is 23.1 Å². The van der Waals surface area contributed by atoms with Crippen LogP contribution in [0, 0.1) is 15.3 Å². The van der Waals surface area contributed by atoms with Gasteiger partial charge in [0.25, 0.3) is 0 Å². The third kappa shape index (κ3) is 3.69. The highest BCUT2D eigenvalue weighted by Crippen LogP contribution is 2.20. The van der Waals surface area contributed by atoms with E-state index >= 15 is 0 Å². The van der Waals surface area contributed by atoms with Gasteiger partial charge in [0.1, 0.15) is 5.82 Å². The number of rotatable bonds is 3. The molecule has 1 aromatic carbocycles. The molecule has 2 amide bonds. The maximum absolute atomic E-state index is 12.9. The second-order valence-corrected chi connectivity index (χ2v) is 5.56. The van der Waals surface area contributed by atoms with E-state index in [4.69, 9.17) is 5.11 Å². The average molecular weight is 390 g/mol. The molecule has 0 aliphatic heterocycles. The molecule has 0 spiro atoms. The van der Waals surface area contributed by atoms with Gasteiger partial charge in [-0.05, 0) is 47.2 Å². The number of carbonyl (C=O) groups excluding carboxylic acids is 1. The standard InChI is InChI=1S/C13H12FIN2O3/c14-8-2-4-11(10(15)6-8)17-13(20)16-9-3-1-7(5-9)12(18)19/h1-4,6-7,9H,5H2,(H,18,19)(H2,16,17,20). The Hall–Kier alpha value is -1.64. The number of carboxylic acids is 1. The fraction of sp³-hybridized carbons (Fsp3) is 0.231. The second-order valence-electron chi connectivity index (χ2n) is 4.39. The van der Waals surface area contributed by atoms with Crippen molar-refractivity contribution in [2.45, 2.75) is 12.5 Å². The molecule has 7 heteroatoms. The lowest BCUT2D eigenvalue weighted by atomic mass is 10.1. The summed E-state index contributed by atoms with van der Waals surface area (Å²) in [5.74, 6) is -1.84. The highest BCUT2D eigenvalue weighted by molar-refractivity contribution is 14.1. The molecular formula is C13H12FIN2O3. The quantitative estimate of drug-likeness (QED) is 0.549. The summed E-state index contributed by atoms with van der Waals surface area (Å²) >= 11 is 1.92. The first-order valence-electron chi connectivity index (χ1n) is 5.89. The van der Waals surface area contributed by atoms with E-state index in [0.29, 0.717) is 15.7 Å². The Morgan fingerprint density at radius 1 is 1.35 bits per heavy atom. The monoisotopic (exact) mass is 390 g/mol. The van der Waals surface area contributed by atoms with Gasteiger partial charge in [-0.3, -0.25) is 4.79 Å². The number of hydrogen-bond donors (Lipinski definition) is 3. The van der Waals surface area contributed by atoms with Crippen LogP contribution in [0.2, 0.25) is 0 Å². The van der Waals surface area contributed by atoms with Crippen molar-refractivity contribution in [3.05, 3.63) is 39.7 Å². The molecule has 0 saturated heterocycles. The summed E-state index contributed by atoms with van der Waals surface area (Å²) in [7, 11) is 0. The number of hydrogen-bond acceptors (Lipinski definition) is 2. The van der Waals surface area contributed by atoms with Crippen molar-refractivity contribution < 1.29 is 19.1 Å². The van der Waals surface area contributed by atoms with Gasteiger partial charge in [0.2, 0.25) is 0 Å². The Labute approximate surface area is 128 Å². The van der Waals surface area contributed by atoms with Gasteiger partial charge in [0.05, 0.1) is 17.6 Å². The minimum Gasteiger partial charge on any atom is -0.481 e. The van der Waals surface area contributed by atoms with Crippen molar-refractivity contribution in [2.24, 2.45) is 5.92 Å². The number of anilines is 1. The molecule has 1 aliphatic carbocycles. The van der Waals surface area contributed by atoms with Crippen LogP contribution in [0.5, 0.6) is 0 Å². The molecule has 2 atom stereocenters. The topological polar surface area (TPSA) is 78.4 Å². The van der Waals surface area contributed by atoms with Crippen LogP contribution in [0.25, 0.3) is 0 Å². The van der Waals surface area contributed by atoms with Gasteiger partial charge in [-0.15, -0.1) is 0 Å². The first-order chi connectivity index (χ1) is 9.45. The van der Waals surface area contributed by atoms with Gasteiger partial charge in [0, 0.05) is 3.57 Å². The molecule has 106 valence electrons. The largest absolute Gasteiger partial charge is 0.481 e. The number of carbonyl (C=O) groups is 2. The van der Waals surface area contributed by atoms with Crippen molar-refractivity contribution in [1.29, 1.82) is 0 Å². The molecule has 1 aliphatic rings. The Bertz CT molecular complexity index is 577. The van der Waals surface area contributed by atoms with Crippen molar-refractivity contribution in [3.63, 3.8) is 0 Å². The maximum atomic E-state index is 12.9. The zero-order valence-electron chi connectivity index (χ0n) is 10.3. The van der Waals surface area contributed by atoms with Crippen LogP contribution in [0.15, 0.2) is 30.4 Å². The molecule has 0 heterocycles. The Morgan fingerprint density at radius 2 is 2.10 bits per heavy atom. The van der Waals surface area contributed by atoms with Crippen LogP contribution < -0.4 is 10.6 Å². The van der Waals surface area contributed by atoms with Crippen LogP contribution in [0.4, 0.5) is 14.9 Å². The summed E-state index contributed by atoms with van der Waals surface area (Å²) in [6.07, 6.45) is 3.56. The molecule has 0 bridgehead atoms. The summed E-state index contributed by atoms with van der Waals surface area (Å²) in [5.41, 5.74) is 0.501. The molecule has 2 unspecified atom stereocenters. The van der Waals surface area contributed by atoms with E-state index in [2.05, 4.69) is 10.6 Å². The van der Waals surface area contributed by atoms with Gasteiger partial charge >= 0.3 is 12.0 Å². The smallest absolute Gasteiger partial charge is 0.319 e. The Balaban J connectivity index is 1.90. The maximum Gasteiger partial charge on any atom is 0.319 e. The number of halogens is 2. The third-order valence-electron chi connectivity index (χ3n) is 2.90. The summed E-state index contributed by atoms with van der Waals surface area (Å²) in [4.78, 5) is 22.6. The van der Waals surface area contributed by atoms with Gasteiger partial charge < -0.3 is 15.7 Å². The van der Waals surface area contributed by atoms with Crippen LogP contribution in [0.1, 0.15) is 6.42 Å². The Morgan fingerprint density at radius 3 is 2.70 bits per heavy atom. The van der Waals surface area contributed by atoms with E-state index < -0.39 is 17.9 Å². The molecule has 5 nitrogen and oxygen atoms in total. The number of nitrogens with one attached hydrogen (secondary N) is 2. The number of aliphatic carboxylic acids is 1. The lowest BCUT2D eigenvalue weighted by Gasteiger charge is -2.14. The van der Waals surface area contributed by atoms with Crippen LogP contribution in [0.3, 0.4) is 0 Å². The van der Waals surface area contributed by atoms with Crippen molar-refractivity contribution in [3.8, 4) is 0 Å². The average Bonchev–Trinajstić information content (AvgIpc) is 2.81. The summed E-state index contributed by atoms with van der Waals surface area (Å²) in [6.45, 7) is 0. The van der Waals surface area contributed by atoms with E-state index in [-0.39, 0.29) is 11.9 Å². The molecular weight excluding hydrogens is 378 g/mol. The third-order valence-corrected chi connectivity index (χ3v) is 3.79. The molecule has 3 N–H and O–H groups in total. The first-order valence-corrected chi connectivity index (χ1v) is 6.97. The molecule has 0 radical (unpaired) electrons. The fourth-order valence-electron chi connectivity index (χ4n) is 1.91. The predicted molar refractivity (Wildman–Crippen MR) is 79.9 cm³/mol. The molecule has 0 fully saturated rings. The zero-order valence-corrected chi connectivity index (χ0v) is 12.4. The van der Waals surface area contributed by atoms with Gasteiger partial charge in [-0.2, -0.15) is 0 Å². The summed E-state index contributed by atoms with van der Waals surface area (Å²) in [6, 6.07) is 3.28. The minimum absolute atomic E-state index is 0.311. The fourth-order valence-corrected chi connectivity index (χ4v) is 2.52. The first kappa shape index (κ1) is 14.8. The van der Waals surface area contributed by atoms with E-state index in [1.54, 1.807) is 12.2 Å². The predicted octanol–water partition coefficient (Wildman–Crippen LogP) is 2.58. The number of amides is 2. The molecule has 20 heavy (non-hydrogen) atoms. The summed E-state index contributed by atoms with van der Waals surface area (Å²) < 4.78 is 13.5. The SMILES string of the molecule is O=C(Nc1ccc(F)cc1I)NC1C=CC(C(=O)O)C1. The summed E-state index contributed by atoms with van der Waals surface area (Å²) in [5, 5.41) is 14.1. The molecule has 0 saturated carbocycles. The van der Waals surface area contributed by atoms with Crippen LogP contribution >= 0.6 is 22.6 Å². The van der Waals surface area contributed by atoms with E-state index in [1.165, 1.54) is 18.2 Å². The Kier molecular flexibility index (Phi) is 4.58. The highest BCUT2D eigenvalue weighted by atomic mass is 127. The molecule has 1 aromatic rings. The molecule has 0 aromatic heterocycles. The second kappa shape index (κ2) is 6.21. The van der Waals surface area contributed by atoms with Crippen molar-refractivity contribution in [2.75, 3.05) is 5.32 Å². The van der Waals surface area contributed by atoms with E-state index in [1.807, 2.05) is 22.6 Å². The zero-order chi connectivity index (χ0) is 14.7. The van der Waals surface area contributed by atoms with Crippen LogP contribution in [-0.2, 0) is 4.79 Å². The van der Waals surface area contributed by atoms with Crippen molar-refractivity contribution >= 4 is 40.3 Å². The van der Waals surface area contributed by atoms with Gasteiger partial charge in [-0.25, -0.2) is 9.18 Å².